The molecule has 76 valence electrons. The minimum atomic E-state index is -0.207. The number of nitrogens with zero attached hydrogens (tertiary/aromatic N) is 1. The molecular weight excluding hydrogens is 182 g/mol. The number of carbonyl (C=O) groups is 1. The molecule has 1 rings (SSSR count). The minimum absolute atomic E-state index is 0.0309. The topological polar surface area (TPSA) is 77.1 Å². The Hall–Kier alpha value is -1.62. The minimum Gasteiger partial charge on any atom is -0.358 e. The van der Waals surface area contributed by atoms with E-state index in [9.17, 15) is 9.59 Å². The predicted octanol–water partition coefficient (Wildman–Crippen LogP) is -0.947. The third-order valence-electron chi connectivity index (χ3n) is 1.87. The second-order valence-corrected chi connectivity index (χ2v) is 2.88. The van der Waals surface area contributed by atoms with Crippen LogP contribution in [-0.2, 0) is 17.9 Å². The lowest BCUT2D eigenvalue weighted by Crippen LogP contribution is -2.29. The lowest BCUT2D eigenvalue weighted by molar-refractivity contribution is -0.121. The third kappa shape index (κ3) is 2.43. The molecule has 0 aliphatic rings. The van der Waals surface area contributed by atoms with Crippen LogP contribution in [0.15, 0.2) is 23.1 Å². The van der Waals surface area contributed by atoms with Gasteiger partial charge in [0.05, 0.1) is 0 Å². The molecule has 0 unspecified atom stereocenters. The van der Waals surface area contributed by atoms with E-state index in [0.717, 1.165) is 5.56 Å². The molecule has 1 aromatic rings. The fraction of sp³-hybridized carbons (Fsp3) is 0.333. The Morgan fingerprint density at radius 3 is 2.86 bits per heavy atom. The zero-order chi connectivity index (χ0) is 10.6. The lowest BCUT2D eigenvalue weighted by Gasteiger charge is -2.05. The van der Waals surface area contributed by atoms with Crippen molar-refractivity contribution in [3.8, 4) is 0 Å². The van der Waals surface area contributed by atoms with E-state index in [4.69, 9.17) is 5.73 Å². The first-order valence-corrected chi connectivity index (χ1v) is 4.27. The van der Waals surface area contributed by atoms with Gasteiger partial charge < -0.3 is 15.6 Å². The van der Waals surface area contributed by atoms with Crippen LogP contribution in [0, 0.1) is 0 Å². The van der Waals surface area contributed by atoms with Gasteiger partial charge in [-0.25, -0.2) is 0 Å². The molecule has 0 saturated heterocycles. The Morgan fingerprint density at radius 2 is 2.29 bits per heavy atom. The normalized spacial score (nSPS) is 9.86. The van der Waals surface area contributed by atoms with Crippen LogP contribution in [0.4, 0.5) is 0 Å². The summed E-state index contributed by atoms with van der Waals surface area (Å²) in [6.07, 6.45) is 1.59. The molecule has 0 aromatic carbocycles. The summed E-state index contributed by atoms with van der Waals surface area (Å²) in [7, 11) is 1.53. The highest BCUT2D eigenvalue weighted by Gasteiger charge is 2.02. The molecule has 0 aliphatic heterocycles. The summed E-state index contributed by atoms with van der Waals surface area (Å²) in [6.45, 7) is 0.386. The van der Waals surface area contributed by atoms with Gasteiger partial charge >= 0.3 is 0 Å². The van der Waals surface area contributed by atoms with Crippen molar-refractivity contribution in [2.45, 2.75) is 13.1 Å². The van der Waals surface area contributed by atoms with Gasteiger partial charge in [0, 0.05) is 25.9 Å². The van der Waals surface area contributed by atoms with Crippen molar-refractivity contribution in [2.24, 2.45) is 5.73 Å². The van der Waals surface area contributed by atoms with Crippen molar-refractivity contribution in [1.29, 1.82) is 0 Å². The Labute approximate surface area is 81.5 Å². The Bertz CT molecular complexity index is 384. The van der Waals surface area contributed by atoms with Crippen LogP contribution < -0.4 is 16.6 Å². The van der Waals surface area contributed by atoms with Crippen LogP contribution in [0.1, 0.15) is 5.56 Å². The summed E-state index contributed by atoms with van der Waals surface area (Å²) >= 11 is 0. The number of amides is 1. The zero-order valence-corrected chi connectivity index (χ0v) is 7.99. The number of pyridine rings is 1. The van der Waals surface area contributed by atoms with Gasteiger partial charge in [-0.1, -0.05) is 6.07 Å². The van der Waals surface area contributed by atoms with E-state index in [0.29, 0.717) is 6.54 Å². The van der Waals surface area contributed by atoms with Gasteiger partial charge in [0.15, 0.2) is 0 Å². The number of nitrogens with one attached hydrogen (secondary N) is 1. The van der Waals surface area contributed by atoms with E-state index in [2.05, 4.69) is 5.32 Å². The molecule has 5 nitrogen and oxygen atoms in total. The maximum atomic E-state index is 11.3. The molecule has 0 aliphatic carbocycles. The van der Waals surface area contributed by atoms with E-state index < -0.39 is 0 Å². The fourth-order valence-electron chi connectivity index (χ4n) is 1.06. The molecule has 0 bridgehead atoms. The summed E-state index contributed by atoms with van der Waals surface area (Å²) in [5, 5.41) is 2.45. The number of rotatable bonds is 3. The van der Waals surface area contributed by atoms with Crippen LogP contribution in [0.2, 0.25) is 0 Å². The molecule has 0 saturated carbocycles. The summed E-state index contributed by atoms with van der Waals surface area (Å²) in [6, 6.07) is 3.06. The molecular formula is C9H13N3O2. The number of likely N-dealkylation sites (N-methyl/N-ethyl adjacent to an activating group) is 1. The maximum Gasteiger partial charge on any atom is 0.251 e. The van der Waals surface area contributed by atoms with Gasteiger partial charge in [0.1, 0.15) is 6.54 Å². The molecule has 3 N–H and O–H groups in total. The van der Waals surface area contributed by atoms with Crippen LogP contribution in [0.5, 0.6) is 0 Å². The molecule has 0 spiro atoms. The summed E-state index contributed by atoms with van der Waals surface area (Å²) in [4.78, 5) is 22.3. The molecule has 0 radical (unpaired) electrons. The molecule has 1 aromatic heterocycles. The number of hydrogen-bond acceptors (Lipinski definition) is 3. The molecule has 0 atom stereocenters. The average molecular weight is 195 g/mol. The van der Waals surface area contributed by atoms with E-state index in [1.165, 1.54) is 17.7 Å². The smallest absolute Gasteiger partial charge is 0.251 e. The number of nitrogens with two attached hydrogens (primary N) is 1. The van der Waals surface area contributed by atoms with Crippen molar-refractivity contribution in [3.63, 3.8) is 0 Å². The summed E-state index contributed by atoms with van der Waals surface area (Å²) in [5.41, 5.74) is 6.04. The molecule has 5 heteroatoms. The third-order valence-corrected chi connectivity index (χ3v) is 1.87. The zero-order valence-electron chi connectivity index (χ0n) is 7.99. The van der Waals surface area contributed by atoms with Gasteiger partial charge in [-0.05, 0) is 5.56 Å². The number of aromatic nitrogens is 1. The van der Waals surface area contributed by atoms with Gasteiger partial charge in [0.2, 0.25) is 5.91 Å². The monoisotopic (exact) mass is 195 g/mol. The van der Waals surface area contributed by atoms with E-state index in [1.807, 2.05) is 0 Å². The largest absolute Gasteiger partial charge is 0.358 e. The van der Waals surface area contributed by atoms with Crippen molar-refractivity contribution < 1.29 is 4.79 Å². The first-order chi connectivity index (χ1) is 6.67. The quantitative estimate of drug-likeness (QED) is 0.653. The van der Waals surface area contributed by atoms with Crippen LogP contribution in [0.25, 0.3) is 0 Å². The van der Waals surface area contributed by atoms with Crippen LogP contribution in [-0.4, -0.2) is 17.5 Å². The molecule has 1 amide bonds. The molecule has 0 fully saturated rings. The molecule has 14 heavy (non-hydrogen) atoms. The van der Waals surface area contributed by atoms with E-state index in [-0.39, 0.29) is 18.0 Å². The fourth-order valence-corrected chi connectivity index (χ4v) is 1.06. The first-order valence-electron chi connectivity index (χ1n) is 4.27. The van der Waals surface area contributed by atoms with Crippen molar-refractivity contribution in [1.82, 2.24) is 9.88 Å². The van der Waals surface area contributed by atoms with E-state index in [1.54, 1.807) is 12.3 Å². The van der Waals surface area contributed by atoms with Crippen LogP contribution in [0.3, 0.4) is 0 Å². The van der Waals surface area contributed by atoms with Gasteiger partial charge in [0.25, 0.3) is 5.56 Å². The van der Waals surface area contributed by atoms with Gasteiger partial charge in [-0.2, -0.15) is 0 Å². The maximum absolute atomic E-state index is 11.3. The molecule has 1 heterocycles. The lowest BCUT2D eigenvalue weighted by atomic mass is 10.3. The predicted molar refractivity (Wildman–Crippen MR) is 52.7 cm³/mol. The Morgan fingerprint density at radius 1 is 1.57 bits per heavy atom. The van der Waals surface area contributed by atoms with Crippen molar-refractivity contribution >= 4 is 5.91 Å². The standard InChI is InChI=1S/C9H13N3O2/c1-11-8(13)6-12-5-7(4-10)2-3-9(12)14/h2-3,5H,4,6,10H2,1H3,(H,11,13). The highest BCUT2D eigenvalue weighted by Crippen LogP contribution is 1.93. The number of carbonyl (C=O) groups excluding carboxylic acids is 1. The summed E-state index contributed by atoms with van der Waals surface area (Å²) < 4.78 is 1.33. The van der Waals surface area contributed by atoms with Gasteiger partial charge in [-0.3, -0.25) is 9.59 Å². The second kappa shape index (κ2) is 4.57. The van der Waals surface area contributed by atoms with Crippen molar-refractivity contribution in [3.05, 3.63) is 34.2 Å². The Balaban J connectivity index is 2.95. The highest BCUT2D eigenvalue weighted by molar-refractivity contribution is 5.75. The summed E-state index contributed by atoms with van der Waals surface area (Å²) in [5.74, 6) is -0.207. The average Bonchev–Trinajstić information content (AvgIpc) is 2.21. The van der Waals surface area contributed by atoms with Crippen LogP contribution >= 0.6 is 0 Å². The Kier molecular flexibility index (Phi) is 3.41. The second-order valence-electron chi connectivity index (χ2n) is 2.88. The highest BCUT2D eigenvalue weighted by atomic mass is 16.2. The van der Waals surface area contributed by atoms with Gasteiger partial charge in [-0.15, -0.1) is 0 Å². The van der Waals surface area contributed by atoms with Crippen molar-refractivity contribution in [2.75, 3.05) is 7.05 Å². The number of hydrogen-bond donors (Lipinski definition) is 2. The SMILES string of the molecule is CNC(=O)Cn1cc(CN)ccc1=O. The first kappa shape index (κ1) is 10.5. The van der Waals surface area contributed by atoms with E-state index >= 15 is 0 Å².